The number of pyridine rings is 1. The van der Waals surface area contributed by atoms with Crippen molar-refractivity contribution in [3.63, 3.8) is 0 Å². The van der Waals surface area contributed by atoms with Crippen LogP contribution < -0.4 is 0 Å². The fraction of sp³-hybridized carbons (Fsp3) is 0.300. The molecule has 1 rings (SSSR count). The molecule has 0 saturated heterocycles. The van der Waals surface area contributed by atoms with Gasteiger partial charge < -0.3 is 4.79 Å². The third-order valence-electron chi connectivity index (χ3n) is 2.02. The fourth-order valence-corrected chi connectivity index (χ4v) is 1.26. The Hall–Kier alpha value is -1.62. The van der Waals surface area contributed by atoms with Gasteiger partial charge in [-0.1, -0.05) is 0 Å². The molecule has 0 aliphatic heterocycles. The molecule has 1 unspecified atom stereocenters. The molecule has 0 N–H and O–H groups in total. The molecule has 0 saturated carbocycles. The summed E-state index contributed by atoms with van der Waals surface area (Å²) in [5.41, 5.74) is 0.0937. The minimum absolute atomic E-state index is 0.0312. The zero-order valence-corrected chi connectivity index (χ0v) is 8.07. The van der Waals surface area contributed by atoms with Crippen molar-refractivity contribution in [2.45, 2.75) is 19.4 Å². The van der Waals surface area contributed by atoms with E-state index in [2.05, 4.69) is 4.98 Å². The van der Waals surface area contributed by atoms with Gasteiger partial charge in [0.2, 0.25) is 0 Å². The van der Waals surface area contributed by atoms with E-state index in [1.807, 2.05) is 0 Å². The summed E-state index contributed by atoms with van der Waals surface area (Å²) >= 11 is 0. The number of carbonyl (C=O) groups is 2. The van der Waals surface area contributed by atoms with E-state index < -0.39 is 24.1 Å². The van der Waals surface area contributed by atoms with Crippen LogP contribution in [0.1, 0.15) is 24.1 Å². The van der Waals surface area contributed by atoms with E-state index in [0.29, 0.717) is 6.29 Å². The largest absolute Gasteiger partial charge is 0.302 e. The minimum Gasteiger partial charge on any atom is -0.302 e. The highest BCUT2D eigenvalue weighted by atomic mass is 19.1. The Kier molecular flexibility index (Phi) is 3.62. The SMILES string of the molecule is CC(=O)C(C=O)c1cc(F)cnc1C[O]. The summed E-state index contributed by atoms with van der Waals surface area (Å²) in [6, 6.07) is 1.00. The molecule has 15 heavy (non-hydrogen) atoms. The number of nitrogens with zero attached hydrogens (tertiary/aromatic N) is 1. The fourth-order valence-electron chi connectivity index (χ4n) is 1.26. The number of Topliss-reactive ketones (excluding diaryl/α,β-unsaturated/α-hetero) is 1. The predicted molar refractivity (Wildman–Crippen MR) is 48.1 cm³/mol. The second-order valence-corrected chi connectivity index (χ2v) is 3.06. The molecule has 0 aliphatic rings. The number of hydrogen-bond donors (Lipinski definition) is 0. The summed E-state index contributed by atoms with van der Waals surface area (Å²) in [6.45, 7) is 0.520. The zero-order chi connectivity index (χ0) is 11.4. The van der Waals surface area contributed by atoms with Gasteiger partial charge in [-0.25, -0.2) is 9.50 Å². The van der Waals surface area contributed by atoms with E-state index in [1.54, 1.807) is 0 Å². The lowest BCUT2D eigenvalue weighted by Crippen LogP contribution is -2.14. The van der Waals surface area contributed by atoms with Gasteiger partial charge in [0.15, 0.2) is 0 Å². The van der Waals surface area contributed by atoms with Crippen molar-refractivity contribution in [3.8, 4) is 0 Å². The van der Waals surface area contributed by atoms with Crippen molar-refractivity contribution in [2.24, 2.45) is 0 Å². The van der Waals surface area contributed by atoms with Crippen molar-refractivity contribution < 1.29 is 19.1 Å². The highest BCUT2D eigenvalue weighted by Gasteiger charge is 2.20. The van der Waals surface area contributed by atoms with E-state index in [4.69, 9.17) is 0 Å². The second kappa shape index (κ2) is 4.75. The number of ketones is 1. The standard InChI is InChI=1S/C10H9FNO3/c1-6(15)9(4-13)8-2-7(11)3-12-10(8)5-14/h2-4,9H,5H2,1H3. The van der Waals surface area contributed by atoms with Crippen LogP contribution in [0.2, 0.25) is 0 Å². The zero-order valence-electron chi connectivity index (χ0n) is 8.07. The van der Waals surface area contributed by atoms with E-state index >= 15 is 0 Å². The van der Waals surface area contributed by atoms with E-state index in [-0.39, 0.29) is 11.3 Å². The first-order valence-electron chi connectivity index (χ1n) is 4.28. The molecule has 1 heterocycles. The van der Waals surface area contributed by atoms with E-state index in [9.17, 15) is 19.1 Å². The number of hydrogen-bond acceptors (Lipinski definition) is 3. The normalized spacial score (nSPS) is 12.2. The molecule has 1 aromatic rings. The summed E-state index contributed by atoms with van der Waals surface area (Å²) in [5, 5.41) is 10.7. The molecule has 0 amide bonds. The number of aldehydes is 1. The maximum Gasteiger partial charge on any atom is 0.144 e. The predicted octanol–water partition coefficient (Wildman–Crippen LogP) is 1.02. The molecule has 5 heteroatoms. The number of carbonyl (C=O) groups excluding carboxylic acids is 2. The van der Waals surface area contributed by atoms with Crippen LogP contribution in [0.4, 0.5) is 4.39 Å². The van der Waals surface area contributed by atoms with Gasteiger partial charge in [-0.15, -0.1) is 0 Å². The van der Waals surface area contributed by atoms with Gasteiger partial charge in [0.05, 0.1) is 17.8 Å². The van der Waals surface area contributed by atoms with Gasteiger partial charge in [0.1, 0.15) is 24.5 Å². The van der Waals surface area contributed by atoms with Crippen molar-refractivity contribution in [1.29, 1.82) is 0 Å². The maximum absolute atomic E-state index is 12.9. The quantitative estimate of drug-likeness (QED) is 0.550. The number of aromatic nitrogens is 1. The summed E-state index contributed by atoms with van der Waals surface area (Å²) in [4.78, 5) is 25.3. The molecule has 0 aromatic carbocycles. The van der Waals surface area contributed by atoms with Gasteiger partial charge in [0, 0.05) is 0 Å². The Labute approximate surface area is 85.8 Å². The minimum atomic E-state index is -1.10. The third-order valence-corrected chi connectivity index (χ3v) is 2.02. The van der Waals surface area contributed by atoms with Crippen LogP contribution in [0.15, 0.2) is 12.3 Å². The summed E-state index contributed by atoms with van der Waals surface area (Å²) in [5.74, 6) is -2.21. The van der Waals surface area contributed by atoms with E-state index in [0.717, 1.165) is 12.3 Å². The van der Waals surface area contributed by atoms with Crippen molar-refractivity contribution in [1.82, 2.24) is 4.98 Å². The van der Waals surface area contributed by atoms with Crippen molar-refractivity contribution >= 4 is 12.1 Å². The molecule has 0 bridgehead atoms. The van der Waals surface area contributed by atoms with Gasteiger partial charge in [-0.3, -0.25) is 9.78 Å². The monoisotopic (exact) mass is 210 g/mol. The van der Waals surface area contributed by atoms with Crippen LogP contribution in [0.3, 0.4) is 0 Å². The Morgan fingerprint density at radius 3 is 2.80 bits per heavy atom. The first-order chi connectivity index (χ1) is 7.10. The average Bonchev–Trinajstić information content (AvgIpc) is 2.18. The lowest BCUT2D eigenvalue weighted by atomic mass is 9.95. The Balaban J connectivity index is 3.25. The van der Waals surface area contributed by atoms with Crippen LogP contribution in [-0.4, -0.2) is 17.1 Å². The Morgan fingerprint density at radius 2 is 2.33 bits per heavy atom. The molecular weight excluding hydrogens is 201 g/mol. The highest BCUT2D eigenvalue weighted by Crippen LogP contribution is 2.19. The summed E-state index contributed by atoms with van der Waals surface area (Å²) < 4.78 is 12.9. The van der Waals surface area contributed by atoms with Crippen LogP contribution in [0.5, 0.6) is 0 Å². The van der Waals surface area contributed by atoms with Gasteiger partial charge in [-0.2, -0.15) is 0 Å². The third kappa shape index (κ3) is 2.44. The van der Waals surface area contributed by atoms with Crippen LogP contribution >= 0.6 is 0 Å². The first-order valence-corrected chi connectivity index (χ1v) is 4.28. The molecule has 0 fully saturated rings. The van der Waals surface area contributed by atoms with Gasteiger partial charge in [-0.05, 0) is 18.6 Å². The molecule has 79 valence electrons. The molecule has 0 aliphatic carbocycles. The average molecular weight is 210 g/mol. The second-order valence-electron chi connectivity index (χ2n) is 3.06. The van der Waals surface area contributed by atoms with Gasteiger partial charge >= 0.3 is 0 Å². The molecule has 4 nitrogen and oxygen atoms in total. The number of rotatable bonds is 4. The van der Waals surface area contributed by atoms with Crippen LogP contribution in [-0.2, 0) is 21.3 Å². The molecule has 1 aromatic heterocycles. The van der Waals surface area contributed by atoms with Crippen LogP contribution in [0.25, 0.3) is 0 Å². The molecule has 1 atom stereocenters. The number of halogens is 1. The van der Waals surface area contributed by atoms with Crippen molar-refractivity contribution in [3.05, 3.63) is 29.3 Å². The Bertz CT molecular complexity index is 392. The van der Waals surface area contributed by atoms with Gasteiger partial charge in [0.25, 0.3) is 0 Å². The smallest absolute Gasteiger partial charge is 0.144 e. The lowest BCUT2D eigenvalue weighted by Gasteiger charge is -2.09. The topological polar surface area (TPSA) is 66.9 Å². The summed E-state index contributed by atoms with van der Waals surface area (Å²) in [6.07, 6.45) is 1.27. The van der Waals surface area contributed by atoms with Crippen LogP contribution in [0, 0.1) is 5.82 Å². The summed E-state index contributed by atoms with van der Waals surface area (Å²) in [7, 11) is 0. The van der Waals surface area contributed by atoms with Crippen molar-refractivity contribution in [2.75, 3.05) is 0 Å². The molecule has 0 spiro atoms. The molecule has 1 radical (unpaired) electrons. The Morgan fingerprint density at radius 1 is 1.67 bits per heavy atom. The molecular formula is C10H9FNO3. The highest BCUT2D eigenvalue weighted by molar-refractivity contribution is 5.97. The first kappa shape index (κ1) is 11.5. The lowest BCUT2D eigenvalue weighted by molar-refractivity contribution is -0.122. The van der Waals surface area contributed by atoms with E-state index in [1.165, 1.54) is 6.92 Å². The maximum atomic E-state index is 12.9.